The predicted molar refractivity (Wildman–Crippen MR) is 87.9 cm³/mol. The molecule has 0 atom stereocenters. The highest BCUT2D eigenvalue weighted by molar-refractivity contribution is 7.19. The number of methoxy groups -OCH3 is 1. The number of hydrogen-bond acceptors (Lipinski definition) is 7. The Morgan fingerprint density at radius 3 is 2.71 bits per heavy atom. The van der Waals surface area contributed by atoms with E-state index < -0.39 is 16.8 Å². The maximum atomic E-state index is 12.3. The fourth-order valence-corrected chi connectivity index (χ4v) is 2.72. The molecule has 2 rings (SSSR count). The van der Waals surface area contributed by atoms with E-state index in [2.05, 4.69) is 5.32 Å². The van der Waals surface area contributed by atoms with Crippen LogP contribution >= 0.6 is 11.3 Å². The number of rotatable bonds is 6. The summed E-state index contributed by atoms with van der Waals surface area (Å²) in [5.41, 5.74) is 0.241. The second kappa shape index (κ2) is 7.55. The maximum Gasteiger partial charge on any atom is 0.341 e. The van der Waals surface area contributed by atoms with Crippen molar-refractivity contribution in [1.29, 1.82) is 0 Å². The molecule has 1 heterocycles. The van der Waals surface area contributed by atoms with Crippen molar-refractivity contribution in [2.24, 2.45) is 0 Å². The molecular weight excluding hydrogens is 336 g/mol. The number of carbonyl (C=O) groups excluding carboxylic acids is 2. The monoisotopic (exact) mass is 350 g/mol. The molecular formula is C15H14N2O6S. The minimum absolute atomic E-state index is 0.0511. The van der Waals surface area contributed by atoms with E-state index in [4.69, 9.17) is 9.47 Å². The number of amides is 1. The molecule has 1 aromatic carbocycles. The van der Waals surface area contributed by atoms with Crippen LogP contribution in [0.4, 0.5) is 10.0 Å². The Bertz CT molecular complexity index is 786. The maximum absolute atomic E-state index is 12.3. The van der Waals surface area contributed by atoms with Crippen LogP contribution in [0.5, 0.6) is 5.75 Å². The average molecular weight is 350 g/mol. The Kier molecular flexibility index (Phi) is 5.48. The van der Waals surface area contributed by atoms with Crippen molar-refractivity contribution in [3.8, 4) is 5.75 Å². The van der Waals surface area contributed by atoms with Crippen LogP contribution in [0.25, 0.3) is 0 Å². The fraction of sp³-hybridized carbons (Fsp3) is 0.200. The highest BCUT2D eigenvalue weighted by Crippen LogP contribution is 2.34. The first kappa shape index (κ1) is 17.4. The van der Waals surface area contributed by atoms with Gasteiger partial charge in [-0.25, -0.2) is 4.79 Å². The molecule has 1 N–H and O–H groups in total. The Balaban J connectivity index is 2.31. The molecule has 0 spiro atoms. The Hall–Kier alpha value is -2.94. The summed E-state index contributed by atoms with van der Waals surface area (Å²) in [7, 11) is 1.47. The molecule has 0 aliphatic carbocycles. The highest BCUT2D eigenvalue weighted by atomic mass is 32.1. The van der Waals surface area contributed by atoms with E-state index in [0.29, 0.717) is 22.6 Å². The number of thiophene rings is 1. The highest BCUT2D eigenvalue weighted by Gasteiger charge is 2.24. The van der Waals surface area contributed by atoms with Gasteiger partial charge in [-0.3, -0.25) is 14.9 Å². The predicted octanol–water partition coefficient (Wildman–Crippen LogP) is 3.09. The number of anilines is 1. The van der Waals surface area contributed by atoms with E-state index in [0.717, 1.165) is 6.07 Å². The van der Waals surface area contributed by atoms with Gasteiger partial charge in [-0.15, -0.1) is 0 Å². The number of esters is 1. The molecule has 126 valence electrons. The summed E-state index contributed by atoms with van der Waals surface area (Å²) >= 11 is 0.692. The van der Waals surface area contributed by atoms with Gasteiger partial charge in [-0.1, -0.05) is 6.07 Å². The normalized spacial score (nSPS) is 10.1. The second-order valence-electron chi connectivity index (χ2n) is 4.49. The number of carbonyl (C=O) groups is 2. The fourth-order valence-electron chi connectivity index (χ4n) is 1.86. The van der Waals surface area contributed by atoms with E-state index in [1.54, 1.807) is 25.1 Å². The van der Waals surface area contributed by atoms with Gasteiger partial charge < -0.3 is 14.8 Å². The molecule has 2 aromatic rings. The van der Waals surface area contributed by atoms with E-state index in [-0.39, 0.29) is 22.2 Å². The first-order valence-corrected chi connectivity index (χ1v) is 7.68. The standard InChI is InChI=1S/C15H14N2O6S/c1-3-23-15(19)11-8-12(17(20)21)24-14(11)16-13(18)9-5-4-6-10(7-9)22-2/h4-8H,3H2,1-2H3,(H,16,18). The van der Waals surface area contributed by atoms with Gasteiger partial charge in [-0.2, -0.15) is 0 Å². The summed E-state index contributed by atoms with van der Waals surface area (Å²) < 4.78 is 9.90. The Labute approximate surface area is 141 Å². The van der Waals surface area contributed by atoms with Crippen molar-refractivity contribution >= 4 is 33.2 Å². The Morgan fingerprint density at radius 2 is 2.08 bits per heavy atom. The minimum atomic E-state index is -0.734. The number of hydrogen-bond donors (Lipinski definition) is 1. The third kappa shape index (κ3) is 3.87. The quantitative estimate of drug-likeness (QED) is 0.487. The number of nitrogens with zero attached hydrogens (tertiary/aromatic N) is 1. The van der Waals surface area contributed by atoms with Crippen molar-refractivity contribution in [3.63, 3.8) is 0 Å². The second-order valence-corrected chi connectivity index (χ2v) is 5.52. The molecule has 24 heavy (non-hydrogen) atoms. The third-order valence-electron chi connectivity index (χ3n) is 2.95. The van der Waals surface area contributed by atoms with Crippen LogP contribution in [-0.4, -0.2) is 30.5 Å². The molecule has 0 saturated heterocycles. The van der Waals surface area contributed by atoms with Crippen molar-refractivity contribution in [2.75, 3.05) is 19.0 Å². The SMILES string of the molecule is CCOC(=O)c1cc([N+](=O)[O-])sc1NC(=O)c1cccc(OC)c1. The molecule has 9 heteroatoms. The lowest BCUT2D eigenvalue weighted by Gasteiger charge is -2.07. The van der Waals surface area contributed by atoms with E-state index in [1.807, 2.05) is 0 Å². The van der Waals surface area contributed by atoms with Crippen LogP contribution in [0, 0.1) is 10.1 Å². The smallest absolute Gasteiger partial charge is 0.341 e. The first-order valence-electron chi connectivity index (χ1n) is 6.87. The molecule has 1 aromatic heterocycles. The topological polar surface area (TPSA) is 108 Å². The third-order valence-corrected chi connectivity index (χ3v) is 3.96. The molecule has 0 aliphatic heterocycles. The lowest BCUT2D eigenvalue weighted by atomic mass is 10.2. The lowest BCUT2D eigenvalue weighted by molar-refractivity contribution is -0.380. The summed E-state index contributed by atoms with van der Waals surface area (Å²) in [5, 5.41) is 13.2. The van der Waals surface area contributed by atoms with Crippen LogP contribution in [0.2, 0.25) is 0 Å². The van der Waals surface area contributed by atoms with Gasteiger partial charge in [0, 0.05) is 11.6 Å². The van der Waals surface area contributed by atoms with E-state index in [1.165, 1.54) is 13.2 Å². The van der Waals surface area contributed by atoms with Crippen LogP contribution in [0.3, 0.4) is 0 Å². The van der Waals surface area contributed by atoms with Gasteiger partial charge in [-0.05, 0) is 36.5 Å². The summed E-state index contributed by atoms with van der Waals surface area (Å²) in [6, 6.07) is 7.48. The van der Waals surface area contributed by atoms with Gasteiger partial charge >= 0.3 is 11.0 Å². The van der Waals surface area contributed by atoms with Crippen molar-refractivity contribution < 1.29 is 24.0 Å². The van der Waals surface area contributed by atoms with Gasteiger partial charge in [0.05, 0.1) is 18.6 Å². The summed E-state index contributed by atoms with van der Waals surface area (Å²) in [6.07, 6.45) is 0. The molecule has 0 radical (unpaired) electrons. The van der Waals surface area contributed by atoms with Crippen molar-refractivity contribution in [1.82, 2.24) is 0 Å². The zero-order valence-corrected chi connectivity index (χ0v) is 13.7. The molecule has 0 saturated carbocycles. The van der Waals surface area contributed by atoms with Crippen molar-refractivity contribution in [3.05, 3.63) is 51.6 Å². The van der Waals surface area contributed by atoms with Crippen LogP contribution in [0.1, 0.15) is 27.6 Å². The van der Waals surface area contributed by atoms with Crippen LogP contribution < -0.4 is 10.1 Å². The molecule has 0 aliphatic rings. The molecule has 8 nitrogen and oxygen atoms in total. The lowest BCUT2D eigenvalue weighted by Crippen LogP contribution is -2.14. The first-order chi connectivity index (χ1) is 11.5. The minimum Gasteiger partial charge on any atom is -0.497 e. The summed E-state index contributed by atoms with van der Waals surface area (Å²) in [6.45, 7) is 1.74. The van der Waals surface area contributed by atoms with Crippen LogP contribution in [0.15, 0.2) is 30.3 Å². The Morgan fingerprint density at radius 1 is 1.33 bits per heavy atom. The van der Waals surface area contributed by atoms with Gasteiger partial charge in [0.2, 0.25) is 0 Å². The molecule has 1 amide bonds. The number of nitrogens with one attached hydrogen (secondary N) is 1. The van der Waals surface area contributed by atoms with Gasteiger partial charge in [0.25, 0.3) is 5.91 Å². The van der Waals surface area contributed by atoms with E-state index >= 15 is 0 Å². The summed E-state index contributed by atoms with van der Waals surface area (Å²) in [4.78, 5) is 34.5. The van der Waals surface area contributed by atoms with Gasteiger partial charge in [0.1, 0.15) is 16.3 Å². The van der Waals surface area contributed by atoms with Gasteiger partial charge in [0.15, 0.2) is 0 Å². The number of benzene rings is 1. The molecule has 0 unspecified atom stereocenters. The number of ether oxygens (including phenoxy) is 2. The summed E-state index contributed by atoms with van der Waals surface area (Å²) in [5.74, 6) is -0.760. The van der Waals surface area contributed by atoms with Crippen molar-refractivity contribution in [2.45, 2.75) is 6.92 Å². The van der Waals surface area contributed by atoms with E-state index in [9.17, 15) is 19.7 Å². The van der Waals surface area contributed by atoms with Crippen LogP contribution in [-0.2, 0) is 4.74 Å². The molecule has 0 bridgehead atoms. The molecule has 0 fully saturated rings. The number of nitro groups is 1. The average Bonchev–Trinajstić information content (AvgIpc) is 2.99. The largest absolute Gasteiger partial charge is 0.497 e. The zero-order valence-electron chi connectivity index (χ0n) is 12.9. The zero-order chi connectivity index (χ0) is 17.7.